The average Bonchev–Trinajstić information content (AvgIpc) is 2.69. The molecule has 0 aliphatic carbocycles. The summed E-state index contributed by atoms with van der Waals surface area (Å²) in [7, 11) is 0. The van der Waals surface area contributed by atoms with Gasteiger partial charge in [0.2, 0.25) is 11.8 Å². The van der Waals surface area contributed by atoms with Gasteiger partial charge in [0.1, 0.15) is 6.04 Å². The van der Waals surface area contributed by atoms with Gasteiger partial charge in [-0.1, -0.05) is 60.2 Å². The summed E-state index contributed by atoms with van der Waals surface area (Å²) < 4.78 is 0. The minimum absolute atomic E-state index is 0.0816. The first kappa shape index (κ1) is 18.1. The van der Waals surface area contributed by atoms with E-state index in [1.165, 1.54) is 5.56 Å². The van der Waals surface area contributed by atoms with E-state index in [9.17, 15) is 9.59 Å². The zero-order valence-electron chi connectivity index (χ0n) is 15.1. The van der Waals surface area contributed by atoms with E-state index < -0.39 is 6.04 Å². The molecule has 0 saturated carbocycles. The molecule has 1 aliphatic rings. The highest BCUT2D eigenvalue weighted by molar-refractivity contribution is 5.84. The standard InChI is InChI=1S/C21H25N3O2/c1-16-7-9-17(10-8-16)15-19(25)23-11-13-24(14-12-23)21(26)20(22)18-5-3-2-4-6-18/h2-10,20H,11-15,22H2,1H3. The number of carbonyl (C=O) groups is 2. The van der Waals surface area contributed by atoms with Gasteiger partial charge in [0.25, 0.3) is 0 Å². The fourth-order valence-electron chi connectivity index (χ4n) is 3.17. The molecular formula is C21H25N3O2. The number of hydrogen-bond acceptors (Lipinski definition) is 3. The smallest absolute Gasteiger partial charge is 0.244 e. The summed E-state index contributed by atoms with van der Waals surface area (Å²) in [5.41, 5.74) is 9.12. The Kier molecular flexibility index (Phi) is 5.68. The third-order valence-corrected chi connectivity index (χ3v) is 4.84. The van der Waals surface area contributed by atoms with Crippen molar-refractivity contribution in [2.45, 2.75) is 19.4 Å². The molecule has 2 amide bonds. The number of aryl methyl sites for hydroxylation is 1. The number of nitrogens with two attached hydrogens (primary N) is 1. The van der Waals surface area contributed by atoms with Gasteiger partial charge < -0.3 is 15.5 Å². The Balaban J connectivity index is 1.52. The lowest BCUT2D eigenvalue weighted by Gasteiger charge is -2.36. The number of piperazine rings is 1. The van der Waals surface area contributed by atoms with Crippen molar-refractivity contribution in [3.63, 3.8) is 0 Å². The van der Waals surface area contributed by atoms with Crippen LogP contribution in [0.15, 0.2) is 54.6 Å². The van der Waals surface area contributed by atoms with Gasteiger partial charge in [0.15, 0.2) is 0 Å². The minimum atomic E-state index is -0.647. The molecule has 0 radical (unpaired) electrons. The molecule has 0 aromatic heterocycles. The van der Waals surface area contributed by atoms with Crippen LogP contribution in [0.4, 0.5) is 0 Å². The van der Waals surface area contributed by atoms with E-state index in [1.807, 2.05) is 66.4 Å². The van der Waals surface area contributed by atoms with Gasteiger partial charge in [0, 0.05) is 26.2 Å². The van der Waals surface area contributed by atoms with E-state index in [2.05, 4.69) is 0 Å². The van der Waals surface area contributed by atoms with Crippen LogP contribution in [-0.4, -0.2) is 47.8 Å². The van der Waals surface area contributed by atoms with E-state index in [1.54, 1.807) is 4.90 Å². The van der Waals surface area contributed by atoms with E-state index in [-0.39, 0.29) is 11.8 Å². The highest BCUT2D eigenvalue weighted by Crippen LogP contribution is 2.15. The van der Waals surface area contributed by atoms with Crippen molar-refractivity contribution in [3.05, 3.63) is 71.3 Å². The van der Waals surface area contributed by atoms with Crippen molar-refractivity contribution < 1.29 is 9.59 Å². The summed E-state index contributed by atoms with van der Waals surface area (Å²) in [5.74, 6) is 0.0233. The molecule has 2 aromatic rings. The van der Waals surface area contributed by atoms with Gasteiger partial charge in [-0.2, -0.15) is 0 Å². The van der Waals surface area contributed by atoms with Crippen molar-refractivity contribution in [1.29, 1.82) is 0 Å². The van der Waals surface area contributed by atoms with Crippen LogP contribution in [0, 0.1) is 6.92 Å². The first-order valence-electron chi connectivity index (χ1n) is 8.97. The molecule has 0 bridgehead atoms. The number of benzene rings is 2. The third-order valence-electron chi connectivity index (χ3n) is 4.84. The van der Waals surface area contributed by atoms with Crippen molar-refractivity contribution >= 4 is 11.8 Å². The van der Waals surface area contributed by atoms with Crippen molar-refractivity contribution in [3.8, 4) is 0 Å². The summed E-state index contributed by atoms with van der Waals surface area (Å²) >= 11 is 0. The van der Waals surface area contributed by atoms with Crippen LogP contribution in [0.1, 0.15) is 22.7 Å². The summed E-state index contributed by atoms with van der Waals surface area (Å²) in [6.07, 6.45) is 0.401. The molecule has 5 heteroatoms. The van der Waals surface area contributed by atoms with Crippen LogP contribution in [0.5, 0.6) is 0 Å². The van der Waals surface area contributed by atoms with Crippen molar-refractivity contribution in [1.82, 2.24) is 9.80 Å². The van der Waals surface area contributed by atoms with E-state index in [4.69, 9.17) is 5.73 Å². The maximum atomic E-state index is 12.6. The lowest BCUT2D eigenvalue weighted by Crippen LogP contribution is -2.52. The zero-order chi connectivity index (χ0) is 18.5. The lowest BCUT2D eigenvalue weighted by molar-refractivity contribution is -0.140. The van der Waals surface area contributed by atoms with Crippen LogP contribution < -0.4 is 5.73 Å². The Hall–Kier alpha value is -2.66. The van der Waals surface area contributed by atoms with Gasteiger partial charge in [-0.3, -0.25) is 9.59 Å². The molecular weight excluding hydrogens is 326 g/mol. The molecule has 2 N–H and O–H groups in total. The van der Waals surface area contributed by atoms with Gasteiger partial charge >= 0.3 is 0 Å². The number of carbonyl (C=O) groups excluding carboxylic acids is 2. The zero-order valence-corrected chi connectivity index (χ0v) is 15.1. The Morgan fingerprint density at radius 3 is 2.12 bits per heavy atom. The van der Waals surface area contributed by atoms with E-state index in [0.717, 1.165) is 11.1 Å². The molecule has 1 unspecified atom stereocenters. The van der Waals surface area contributed by atoms with Gasteiger partial charge in [0.05, 0.1) is 6.42 Å². The van der Waals surface area contributed by atoms with Gasteiger partial charge in [-0.05, 0) is 18.1 Å². The first-order chi connectivity index (χ1) is 12.5. The lowest BCUT2D eigenvalue weighted by atomic mass is 10.1. The second kappa shape index (κ2) is 8.15. The first-order valence-corrected chi connectivity index (χ1v) is 8.97. The molecule has 136 valence electrons. The molecule has 1 atom stereocenters. The van der Waals surface area contributed by atoms with E-state index >= 15 is 0 Å². The number of hydrogen-bond donors (Lipinski definition) is 1. The SMILES string of the molecule is Cc1ccc(CC(=O)N2CCN(C(=O)C(N)c3ccccc3)CC2)cc1. The summed E-state index contributed by atoms with van der Waals surface area (Å²) in [6, 6.07) is 16.8. The summed E-state index contributed by atoms with van der Waals surface area (Å²) in [6.45, 7) is 4.19. The minimum Gasteiger partial charge on any atom is -0.339 e. The molecule has 5 nitrogen and oxygen atoms in total. The maximum Gasteiger partial charge on any atom is 0.244 e. The fraction of sp³-hybridized carbons (Fsp3) is 0.333. The fourth-order valence-corrected chi connectivity index (χ4v) is 3.17. The second-order valence-electron chi connectivity index (χ2n) is 6.76. The highest BCUT2D eigenvalue weighted by atomic mass is 16.2. The predicted octanol–water partition coefficient (Wildman–Crippen LogP) is 1.91. The van der Waals surface area contributed by atoms with Crippen molar-refractivity contribution in [2.24, 2.45) is 5.73 Å². The highest BCUT2D eigenvalue weighted by Gasteiger charge is 2.27. The molecule has 26 heavy (non-hydrogen) atoms. The topological polar surface area (TPSA) is 66.6 Å². The normalized spacial score (nSPS) is 15.6. The maximum absolute atomic E-state index is 12.6. The average molecular weight is 351 g/mol. The molecule has 1 fully saturated rings. The Morgan fingerprint density at radius 2 is 1.50 bits per heavy atom. The van der Waals surface area contributed by atoms with Crippen molar-refractivity contribution in [2.75, 3.05) is 26.2 Å². The Bertz CT molecular complexity index is 751. The second-order valence-corrected chi connectivity index (χ2v) is 6.76. The Labute approximate surface area is 154 Å². The quantitative estimate of drug-likeness (QED) is 0.915. The van der Waals surface area contributed by atoms with E-state index in [0.29, 0.717) is 32.6 Å². The van der Waals surface area contributed by atoms with Crippen LogP contribution in [0.2, 0.25) is 0 Å². The summed E-state index contributed by atoms with van der Waals surface area (Å²) in [4.78, 5) is 28.7. The molecule has 3 rings (SSSR count). The monoisotopic (exact) mass is 351 g/mol. The summed E-state index contributed by atoms with van der Waals surface area (Å²) in [5, 5.41) is 0. The van der Waals surface area contributed by atoms with Crippen LogP contribution in [0.25, 0.3) is 0 Å². The van der Waals surface area contributed by atoms with Gasteiger partial charge in [-0.15, -0.1) is 0 Å². The number of amides is 2. The molecule has 1 heterocycles. The number of rotatable bonds is 4. The number of nitrogens with zero attached hydrogens (tertiary/aromatic N) is 2. The predicted molar refractivity (Wildman–Crippen MR) is 101 cm³/mol. The molecule has 0 spiro atoms. The Morgan fingerprint density at radius 1 is 0.923 bits per heavy atom. The molecule has 2 aromatic carbocycles. The van der Waals surface area contributed by atoms with Crippen LogP contribution >= 0.6 is 0 Å². The molecule has 1 saturated heterocycles. The van der Waals surface area contributed by atoms with Gasteiger partial charge in [-0.25, -0.2) is 0 Å². The van der Waals surface area contributed by atoms with Crippen LogP contribution in [-0.2, 0) is 16.0 Å². The third kappa shape index (κ3) is 4.29. The largest absolute Gasteiger partial charge is 0.339 e. The molecule has 1 aliphatic heterocycles. The van der Waals surface area contributed by atoms with Crippen LogP contribution in [0.3, 0.4) is 0 Å².